The van der Waals surface area contributed by atoms with E-state index in [1.165, 1.54) is 24.2 Å². The molecule has 0 aromatic carbocycles. The molecule has 3 N–H and O–H groups in total. The van der Waals surface area contributed by atoms with Gasteiger partial charge in [-0.15, -0.1) is 11.3 Å². The Morgan fingerprint density at radius 1 is 1.29 bits per heavy atom. The van der Waals surface area contributed by atoms with Crippen molar-refractivity contribution in [1.82, 2.24) is 25.3 Å². The number of nitrogens with zero attached hydrogens (tertiary/aromatic N) is 4. The fourth-order valence-electron chi connectivity index (χ4n) is 3.10. The van der Waals surface area contributed by atoms with Crippen molar-refractivity contribution in [2.75, 3.05) is 31.1 Å². The molecule has 0 radical (unpaired) electrons. The molecule has 0 bridgehead atoms. The summed E-state index contributed by atoms with van der Waals surface area (Å²) in [4.78, 5) is 31.2. The number of nitrogens with one attached hydrogen (secondary N) is 2. The molecule has 3 aromatic heterocycles. The maximum atomic E-state index is 13.1. The smallest absolute Gasteiger partial charge is 0.280 e. The number of ether oxygens (including phenoxy) is 2. The maximum Gasteiger partial charge on any atom is 0.280 e. The van der Waals surface area contributed by atoms with Crippen LogP contribution in [-0.4, -0.2) is 62.6 Å². The molecule has 1 aliphatic carbocycles. The molecule has 1 fully saturated rings. The first-order chi connectivity index (χ1) is 17.2. The van der Waals surface area contributed by atoms with Gasteiger partial charge in [-0.25, -0.2) is 9.97 Å². The molecule has 186 valence electrons. The van der Waals surface area contributed by atoms with E-state index in [2.05, 4.69) is 30.0 Å². The van der Waals surface area contributed by atoms with Gasteiger partial charge in [0.2, 0.25) is 5.88 Å². The number of hydrogen-bond acceptors (Lipinski definition) is 11. The number of aliphatic hydroxyl groups is 1. The monoisotopic (exact) mass is 516 g/mol. The quantitative estimate of drug-likeness (QED) is 0.216. The third kappa shape index (κ3) is 7.59. The van der Waals surface area contributed by atoms with Crippen molar-refractivity contribution in [2.45, 2.75) is 37.5 Å². The number of carbonyl (C=O) groups is 1. The summed E-state index contributed by atoms with van der Waals surface area (Å²) >= 11 is 2.94. The van der Waals surface area contributed by atoms with Crippen LogP contribution in [0.25, 0.3) is 10.6 Å². The van der Waals surface area contributed by atoms with E-state index in [-0.39, 0.29) is 25.2 Å². The van der Waals surface area contributed by atoms with Gasteiger partial charge in [0.15, 0.2) is 5.01 Å². The first-order valence-corrected chi connectivity index (χ1v) is 13.1. The van der Waals surface area contributed by atoms with Gasteiger partial charge in [-0.3, -0.25) is 14.8 Å². The van der Waals surface area contributed by atoms with E-state index in [9.17, 15) is 4.79 Å². The molecular formula is C23H28N6O4S2. The van der Waals surface area contributed by atoms with Crippen LogP contribution in [0.5, 0.6) is 5.88 Å². The fraction of sp³-hybridized carbons (Fsp3) is 0.435. The predicted octanol–water partition coefficient (Wildman–Crippen LogP) is 3.49. The van der Waals surface area contributed by atoms with E-state index in [4.69, 9.17) is 14.6 Å². The van der Waals surface area contributed by atoms with Crippen LogP contribution in [0.2, 0.25) is 0 Å². The van der Waals surface area contributed by atoms with Gasteiger partial charge in [0, 0.05) is 29.9 Å². The van der Waals surface area contributed by atoms with Crippen molar-refractivity contribution in [3.05, 3.63) is 47.6 Å². The van der Waals surface area contributed by atoms with Gasteiger partial charge >= 0.3 is 0 Å². The highest BCUT2D eigenvalue weighted by molar-refractivity contribution is 8.01. The summed E-state index contributed by atoms with van der Waals surface area (Å²) in [6.45, 7) is 2.92. The summed E-state index contributed by atoms with van der Waals surface area (Å²) in [5, 5.41) is 13.0. The molecule has 1 aliphatic rings. The second kappa shape index (κ2) is 12.8. The first kappa shape index (κ1) is 25.3. The van der Waals surface area contributed by atoms with Crippen molar-refractivity contribution in [3.8, 4) is 16.5 Å². The van der Waals surface area contributed by atoms with Gasteiger partial charge in [0.1, 0.15) is 5.69 Å². The van der Waals surface area contributed by atoms with Crippen molar-refractivity contribution < 1.29 is 19.4 Å². The molecule has 0 spiro atoms. The standard InChI is InChI=1S/C23H28N6O4S2/c1-2-33-21-14-24-12-19(27-21)20-13-26-23(34-20)22(31)28-17(6-9-32-10-8-30)18-11-15(5-7-25-18)29-35-16-3-4-16/h5,7,11-14,16-17,30H,2-4,6,8-10H2,1H3,(H,25,29)(H,28,31). The third-order valence-corrected chi connectivity index (χ3v) is 7.13. The van der Waals surface area contributed by atoms with Crippen molar-refractivity contribution in [1.29, 1.82) is 0 Å². The van der Waals surface area contributed by atoms with Crippen LogP contribution < -0.4 is 14.8 Å². The highest BCUT2D eigenvalue weighted by Gasteiger charge is 2.23. The number of rotatable bonds is 14. The molecule has 0 saturated heterocycles. The Bertz CT molecular complexity index is 1110. The average Bonchev–Trinajstić information content (AvgIpc) is 3.58. The summed E-state index contributed by atoms with van der Waals surface area (Å²) < 4.78 is 14.2. The number of carbonyl (C=O) groups excluding carboxylic acids is 1. The number of thiazole rings is 1. The zero-order valence-corrected chi connectivity index (χ0v) is 21.0. The van der Waals surface area contributed by atoms with Crippen LogP contribution in [0.3, 0.4) is 0 Å². The number of aliphatic hydroxyl groups excluding tert-OH is 1. The topological polar surface area (TPSA) is 131 Å². The van der Waals surface area contributed by atoms with E-state index in [0.717, 1.165) is 11.4 Å². The lowest BCUT2D eigenvalue weighted by Crippen LogP contribution is -2.30. The fourth-order valence-corrected chi connectivity index (χ4v) is 4.68. The van der Waals surface area contributed by atoms with Crippen molar-refractivity contribution in [2.24, 2.45) is 0 Å². The highest BCUT2D eigenvalue weighted by atomic mass is 32.2. The number of hydrogen-bond donors (Lipinski definition) is 3. The molecular weight excluding hydrogens is 488 g/mol. The van der Waals surface area contributed by atoms with Gasteiger partial charge in [0.05, 0.1) is 48.8 Å². The second-order valence-electron chi connectivity index (χ2n) is 7.74. The maximum absolute atomic E-state index is 13.1. The predicted molar refractivity (Wildman–Crippen MR) is 136 cm³/mol. The zero-order chi connectivity index (χ0) is 24.5. The molecule has 10 nitrogen and oxygen atoms in total. The van der Waals surface area contributed by atoms with Gasteiger partial charge in [-0.2, -0.15) is 0 Å². The Labute approximate surface area is 212 Å². The Balaban J connectivity index is 1.46. The van der Waals surface area contributed by atoms with Gasteiger partial charge in [-0.1, -0.05) is 0 Å². The summed E-state index contributed by atoms with van der Waals surface area (Å²) in [5.74, 6) is 0.113. The minimum Gasteiger partial charge on any atom is -0.477 e. The largest absolute Gasteiger partial charge is 0.477 e. The Kier molecular flexibility index (Phi) is 9.23. The lowest BCUT2D eigenvalue weighted by molar-refractivity contribution is 0.0805. The summed E-state index contributed by atoms with van der Waals surface area (Å²) in [6, 6.07) is 3.46. The number of pyridine rings is 1. The second-order valence-corrected chi connectivity index (χ2v) is 9.88. The third-order valence-electron chi connectivity index (χ3n) is 4.95. The number of amides is 1. The molecule has 1 atom stereocenters. The summed E-state index contributed by atoms with van der Waals surface area (Å²) in [6.07, 6.45) is 9.45. The molecule has 1 amide bonds. The molecule has 4 rings (SSSR count). The molecule has 0 aliphatic heterocycles. The molecule has 35 heavy (non-hydrogen) atoms. The van der Waals surface area contributed by atoms with E-state index in [0.29, 0.717) is 46.3 Å². The lowest BCUT2D eigenvalue weighted by Gasteiger charge is -2.18. The minimum atomic E-state index is -0.387. The van der Waals surface area contributed by atoms with Gasteiger partial charge < -0.3 is 24.6 Å². The average molecular weight is 517 g/mol. The van der Waals surface area contributed by atoms with Crippen LogP contribution >= 0.6 is 23.3 Å². The van der Waals surface area contributed by atoms with E-state index >= 15 is 0 Å². The molecule has 1 unspecified atom stereocenters. The minimum absolute atomic E-state index is 0.0532. The normalized spacial score (nSPS) is 13.9. The Morgan fingerprint density at radius 2 is 2.17 bits per heavy atom. The van der Waals surface area contributed by atoms with E-state index < -0.39 is 0 Å². The molecule has 1 saturated carbocycles. The first-order valence-electron chi connectivity index (χ1n) is 11.4. The Hall–Kier alpha value is -2.80. The van der Waals surface area contributed by atoms with Crippen molar-refractivity contribution >= 4 is 34.9 Å². The van der Waals surface area contributed by atoms with Gasteiger partial charge in [-0.05, 0) is 50.3 Å². The van der Waals surface area contributed by atoms with Crippen LogP contribution in [0, 0.1) is 0 Å². The molecule has 12 heteroatoms. The van der Waals surface area contributed by atoms with Crippen molar-refractivity contribution in [3.63, 3.8) is 0 Å². The van der Waals surface area contributed by atoms with E-state index in [1.807, 2.05) is 19.1 Å². The SMILES string of the molecule is CCOc1cncc(-c2cnc(C(=O)NC(CCOCCO)c3cc(NSC4CC4)ccn3)s2)n1. The number of anilines is 1. The Morgan fingerprint density at radius 3 is 2.97 bits per heavy atom. The summed E-state index contributed by atoms with van der Waals surface area (Å²) in [5.41, 5.74) is 2.25. The molecule has 3 heterocycles. The summed E-state index contributed by atoms with van der Waals surface area (Å²) in [7, 11) is 0. The van der Waals surface area contributed by atoms with E-state index in [1.54, 1.807) is 36.7 Å². The van der Waals surface area contributed by atoms with Gasteiger partial charge in [0.25, 0.3) is 5.91 Å². The lowest BCUT2D eigenvalue weighted by atomic mass is 10.1. The van der Waals surface area contributed by atoms with Crippen LogP contribution in [0.1, 0.15) is 47.7 Å². The molecule has 3 aromatic rings. The van der Waals surface area contributed by atoms with Crippen LogP contribution in [0.4, 0.5) is 5.69 Å². The zero-order valence-electron chi connectivity index (χ0n) is 19.3. The van der Waals surface area contributed by atoms with Crippen LogP contribution in [0.15, 0.2) is 36.9 Å². The van der Waals surface area contributed by atoms with Crippen LogP contribution in [-0.2, 0) is 4.74 Å². The number of aromatic nitrogens is 4. The highest BCUT2D eigenvalue weighted by Crippen LogP contribution is 2.34.